The maximum Gasteiger partial charge on any atom is 0.164 e. The molecule has 2 heterocycles. The van der Waals surface area contributed by atoms with Crippen LogP contribution >= 0.6 is 0 Å². The minimum absolute atomic E-state index is 0.596. The van der Waals surface area contributed by atoms with Crippen molar-refractivity contribution in [1.82, 2.24) is 15.0 Å². The topological polar surface area (TPSA) is 51.8 Å². The van der Waals surface area contributed by atoms with E-state index in [4.69, 9.17) is 19.4 Å². The lowest BCUT2D eigenvalue weighted by molar-refractivity contribution is 0.673. The van der Waals surface area contributed by atoms with Gasteiger partial charge in [0.15, 0.2) is 17.5 Å². The summed E-state index contributed by atoms with van der Waals surface area (Å²) in [5, 5.41) is 11.2. The fourth-order valence-electron chi connectivity index (χ4n) is 7.94. The molecule has 0 fully saturated rings. The molecule has 0 saturated carbocycles. The highest BCUT2D eigenvalue weighted by Crippen LogP contribution is 2.42. The lowest BCUT2D eigenvalue weighted by atomic mass is 9.95. The van der Waals surface area contributed by atoms with Gasteiger partial charge in [0.25, 0.3) is 0 Å². The van der Waals surface area contributed by atoms with Crippen LogP contribution in [-0.2, 0) is 0 Å². The van der Waals surface area contributed by atoms with Crippen LogP contribution in [0.5, 0.6) is 0 Å². The first kappa shape index (κ1) is 29.5. The van der Waals surface area contributed by atoms with Crippen LogP contribution in [0.15, 0.2) is 180 Å². The molecule has 0 unspecified atom stereocenters. The predicted octanol–water partition coefficient (Wildman–Crippen LogP) is 13.1. The zero-order chi connectivity index (χ0) is 34.9. The van der Waals surface area contributed by atoms with Gasteiger partial charge in [0.05, 0.1) is 0 Å². The lowest BCUT2D eigenvalue weighted by Gasteiger charge is -2.13. The van der Waals surface area contributed by atoms with Crippen LogP contribution in [0.3, 0.4) is 0 Å². The Morgan fingerprint density at radius 1 is 0.321 bits per heavy atom. The highest BCUT2D eigenvalue weighted by atomic mass is 16.3. The van der Waals surface area contributed by atoms with Gasteiger partial charge in [-0.25, -0.2) is 15.0 Å². The normalized spacial score (nSPS) is 11.8. The van der Waals surface area contributed by atoms with Gasteiger partial charge in [-0.15, -0.1) is 0 Å². The van der Waals surface area contributed by atoms with Crippen LogP contribution < -0.4 is 0 Å². The maximum absolute atomic E-state index is 6.76. The third-order valence-corrected chi connectivity index (χ3v) is 10.5. The van der Waals surface area contributed by atoms with Gasteiger partial charge >= 0.3 is 0 Å². The summed E-state index contributed by atoms with van der Waals surface area (Å²) in [6.07, 6.45) is 0. The van der Waals surface area contributed by atoms with E-state index in [9.17, 15) is 0 Å². The molecule has 2 aromatic heterocycles. The first-order valence-corrected chi connectivity index (χ1v) is 17.9. The summed E-state index contributed by atoms with van der Waals surface area (Å²) in [4.78, 5) is 15.7. The fraction of sp³-hybridized carbons (Fsp3) is 0. The van der Waals surface area contributed by atoms with E-state index in [1.165, 1.54) is 21.5 Å². The van der Waals surface area contributed by atoms with E-state index in [0.717, 1.165) is 71.3 Å². The van der Waals surface area contributed by atoms with Gasteiger partial charge in [-0.05, 0) is 79.2 Å². The maximum atomic E-state index is 6.76. The largest absolute Gasteiger partial charge is 0.455 e. The van der Waals surface area contributed by atoms with Crippen LogP contribution in [-0.4, -0.2) is 15.0 Å². The van der Waals surface area contributed by atoms with Crippen LogP contribution in [0.1, 0.15) is 0 Å². The van der Waals surface area contributed by atoms with Crippen LogP contribution in [0, 0.1) is 0 Å². The van der Waals surface area contributed by atoms with E-state index < -0.39 is 0 Å². The smallest absolute Gasteiger partial charge is 0.164 e. The Morgan fingerprint density at radius 3 is 1.83 bits per heavy atom. The van der Waals surface area contributed by atoms with Gasteiger partial charge in [-0.1, -0.05) is 146 Å². The molecule has 11 aromatic rings. The van der Waals surface area contributed by atoms with Crippen molar-refractivity contribution in [3.8, 4) is 45.3 Å². The van der Waals surface area contributed by atoms with Crippen molar-refractivity contribution >= 4 is 65.0 Å². The molecule has 0 aliphatic carbocycles. The van der Waals surface area contributed by atoms with Crippen molar-refractivity contribution in [1.29, 1.82) is 0 Å². The van der Waals surface area contributed by atoms with Crippen molar-refractivity contribution < 1.29 is 4.42 Å². The Labute approximate surface area is 304 Å². The van der Waals surface area contributed by atoms with E-state index >= 15 is 0 Å². The standard InChI is InChI=1S/C49H29N3O/c1-2-12-31(13-3-1)42-29-37(28-35-16-7-8-17-38(35)42)48-50-47(36-24-21-30-11-4-5-15-34(30)27-36)51-49(52-48)41-19-10-20-43-45(41)40-26-25-33-23-22-32-14-6-9-18-39(32)44(33)46(40)53-43/h1-29H. The Hall–Kier alpha value is -7.17. The summed E-state index contributed by atoms with van der Waals surface area (Å²) in [6, 6.07) is 61.6. The molecule has 11 rings (SSSR count). The Bertz CT molecular complexity index is 3240. The highest BCUT2D eigenvalue weighted by molar-refractivity contribution is 6.24. The Morgan fingerprint density at radius 2 is 0.962 bits per heavy atom. The minimum Gasteiger partial charge on any atom is -0.455 e. The average Bonchev–Trinajstić information content (AvgIpc) is 3.62. The van der Waals surface area contributed by atoms with Crippen LogP contribution in [0.25, 0.3) is 110 Å². The molecule has 0 spiro atoms. The lowest BCUT2D eigenvalue weighted by Crippen LogP contribution is -2.01. The van der Waals surface area contributed by atoms with Gasteiger partial charge in [0.1, 0.15) is 11.2 Å². The summed E-state index contributed by atoms with van der Waals surface area (Å²) in [6.45, 7) is 0. The van der Waals surface area contributed by atoms with E-state index in [2.05, 4.69) is 164 Å². The molecule has 246 valence electrons. The number of benzene rings is 9. The van der Waals surface area contributed by atoms with Crippen molar-refractivity contribution in [2.75, 3.05) is 0 Å². The minimum atomic E-state index is 0.596. The second-order valence-corrected chi connectivity index (χ2v) is 13.6. The SMILES string of the molecule is c1ccc(-c2cc(-c3nc(-c4ccc5ccccc5c4)nc(-c4cccc5oc6c(ccc7ccc8ccccc8c76)c45)n3)cc3ccccc23)cc1. The van der Waals surface area contributed by atoms with Gasteiger partial charge in [0.2, 0.25) is 0 Å². The number of hydrogen-bond donors (Lipinski definition) is 0. The second-order valence-electron chi connectivity index (χ2n) is 13.6. The van der Waals surface area contributed by atoms with Crippen molar-refractivity contribution in [2.24, 2.45) is 0 Å². The van der Waals surface area contributed by atoms with Gasteiger partial charge in [-0.2, -0.15) is 0 Å². The second kappa shape index (κ2) is 11.7. The van der Waals surface area contributed by atoms with Crippen molar-refractivity contribution in [3.63, 3.8) is 0 Å². The molecule has 9 aromatic carbocycles. The molecule has 0 aliphatic rings. The van der Waals surface area contributed by atoms with Crippen molar-refractivity contribution in [2.45, 2.75) is 0 Å². The monoisotopic (exact) mass is 675 g/mol. The molecule has 0 saturated heterocycles. The number of aromatic nitrogens is 3. The first-order valence-electron chi connectivity index (χ1n) is 17.9. The molecule has 0 radical (unpaired) electrons. The summed E-state index contributed by atoms with van der Waals surface area (Å²) >= 11 is 0. The third-order valence-electron chi connectivity index (χ3n) is 10.5. The number of hydrogen-bond acceptors (Lipinski definition) is 4. The number of fused-ring (bicyclic) bond motifs is 9. The summed E-state index contributed by atoms with van der Waals surface area (Å²) < 4.78 is 6.76. The molecule has 4 nitrogen and oxygen atoms in total. The van der Waals surface area contributed by atoms with E-state index in [0.29, 0.717) is 17.5 Å². The van der Waals surface area contributed by atoms with Gasteiger partial charge in [0, 0.05) is 32.8 Å². The molecular weight excluding hydrogens is 647 g/mol. The van der Waals surface area contributed by atoms with Crippen molar-refractivity contribution in [3.05, 3.63) is 176 Å². The molecule has 0 N–H and O–H groups in total. The Kier molecular flexibility index (Phi) is 6.52. The van der Waals surface area contributed by atoms with E-state index in [1.54, 1.807) is 0 Å². The molecule has 53 heavy (non-hydrogen) atoms. The van der Waals surface area contributed by atoms with Crippen LogP contribution in [0.2, 0.25) is 0 Å². The molecule has 0 atom stereocenters. The summed E-state index contributed by atoms with van der Waals surface area (Å²) in [5.74, 6) is 1.83. The Balaban J connectivity index is 1.20. The zero-order valence-corrected chi connectivity index (χ0v) is 28.5. The van der Waals surface area contributed by atoms with Gasteiger partial charge < -0.3 is 4.42 Å². The summed E-state index contributed by atoms with van der Waals surface area (Å²) in [7, 11) is 0. The van der Waals surface area contributed by atoms with Crippen LogP contribution in [0.4, 0.5) is 0 Å². The first-order chi connectivity index (χ1) is 26.2. The zero-order valence-electron chi connectivity index (χ0n) is 28.5. The number of rotatable bonds is 4. The van der Waals surface area contributed by atoms with Gasteiger partial charge in [-0.3, -0.25) is 0 Å². The van der Waals surface area contributed by atoms with E-state index in [1.807, 2.05) is 12.1 Å². The number of nitrogens with zero attached hydrogens (tertiary/aromatic N) is 3. The molecule has 0 amide bonds. The average molecular weight is 676 g/mol. The molecule has 0 aliphatic heterocycles. The third kappa shape index (κ3) is 4.80. The molecule has 0 bridgehead atoms. The number of furan rings is 1. The quantitative estimate of drug-likeness (QED) is 0.174. The molecule has 4 heteroatoms. The fourth-order valence-corrected chi connectivity index (χ4v) is 7.94. The summed E-state index contributed by atoms with van der Waals surface area (Å²) in [5.41, 5.74) is 6.70. The predicted molar refractivity (Wildman–Crippen MR) is 219 cm³/mol. The highest BCUT2D eigenvalue weighted by Gasteiger charge is 2.20. The van der Waals surface area contributed by atoms with E-state index in [-0.39, 0.29) is 0 Å². The molecular formula is C49H29N3O.